The molecule has 0 nitrogen and oxygen atoms in total. The quantitative estimate of drug-likeness (QED) is 0.0743. The molecule has 0 aliphatic heterocycles. The van der Waals surface area contributed by atoms with E-state index in [0.29, 0.717) is 41.9 Å². The monoisotopic (exact) mass is 674 g/mol. The second-order valence-electron chi connectivity index (χ2n) is 17.0. The van der Waals surface area contributed by atoms with E-state index in [2.05, 4.69) is 169 Å². The fraction of sp³-hybridized carbons (Fsp3) is 0.412. The molecule has 0 bridgehead atoms. The van der Waals surface area contributed by atoms with Gasteiger partial charge in [-0.05, 0) is 138 Å². The number of aryl methyl sites for hydroxylation is 1. The molecular formula is C51H62. The second kappa shape index (κ2) is 15.7. The Hall–Kier alpha value is -4.08. The molecule has 5 rings (SSSR count). The van der Waals surface area contributed by atoms with Crippen molar-refractivity contribution in [1.82, 2.24) is 0 Å². The van der Waals surface area contributed by atoms with Crippen molar-refractivity contribution >= 4 is 37.9 Å². The average molecular weight is 675 g/mol. The fourth-order valence-electron chi connectivity index (χ4n) is 7.97. The maximum atomic E-state index is 5.91. The van der Waals surface area contributed by atoms with Crippen LogP contribution in [0.2, 0.25) is 0 Å². The molecule has 0 atom stereocenters. The molecule has 51 heavy (non-hydrogen) atoms. The largest absolute Gasteiger partial charge is 0.120 e. The van der Waals surface area contributed by atoms with Gasteiger partial charge in [0, 0.05) is 6.42 Å². The molecule has 0 aromatic heterocycles. The first kappa shape index (κ1) is 38.2. The van der Waals surface area contributed by atoms with Crippen molar-refractivity contribution in [3.8, 4) is 23.5 Å². The summed E-state index contributed by atoms with van der Waals surface area (Å²) in [6.45, 7) is 30.3. The van der Waals surface area contributed by atoms with E-state index in [1.165, 1.54) is 88.0 Å². The lowest BCUT2D eigenvalue weighted by molar-refractivity contribution is 0.665. The van der Waals surface area contributed by atoms with E-state index < -0.39 is 0 Å². The molecular weight excluding hydrogens is 613 g/mol. The Kier molecular flexibility index (Phi) is 11.7. The summed E-state index contributed by atoms with van der Waals surface area (Å²) < 4.78 is 0. The van der Waals surface area contributed by atoms with Crippen LogP contribution in [0.15, 0.2) is 84.0 Å². The van der Waals surface area contributed by atoms with Crippen LogP contribution in [0.25, 0.3) is 49.0 Å². The Labute approximate surface area is 310 Å². The summed E-state index contributed by atoms with van der Waals surface area (Å²) in [6, 6.07) is 26.4. The zero-order valence-corrected chi connectivity index (χ0v) is 33.9. The number of hydrogen-bond acceptors (Lipinski definition) is 0. The zero-order chi connectivity index (χ0) is 37.3. The average Bonchev–Trinajstić information content (AvgIpc) is 3.07. The Balaban J connectivity index is 2.01. The van der Waals surface area contributed by atoms with Gasteiger partial charge in [0.1, 0.15) is 0 Å². The van der Waals surface area contributed by atoms with E-state index in [9.17, 15) is 0 Å². The predicted octanol–water partition coefficient (Wildman–Crippen LogP) is 15.6. The minimum Gasteiger partial charge on any atom is -0.120 e. The molecule has 0 fully saturated rings. The van der Waals surface area contributed by atoms with Gasteiger partial charge in [-0.3, -0.25) is 0 Å². The van der Waals surface area contributed by atoms with Gasteiger partial charge in [0.05, 0.1) is 0 Å². The molecule has 0 aliphatic carbocycles. The Bertz CT molecular complexity index is 2140. The molecule has 5 aromatic carbocycles. The van der Waals surface area contributed by atoms with Crippen LogP contribution in [0.3, 0.4) is 0 Å². The first-order chi connectivity index (χ1) is 24.1. The third kappa shape index (κ3) is 7.75. The first-order valence-corrected chi connectivity index (χ1v) is 19.6. The third-order valence-electron chi connectivity index (χ3n) is 10.8. The summed E-state index contributed by atoms with van der Waals surface area (Å²) >= 11 is 0. The summed E-state index contributed by atoms with van der Waals surface area (Å²) in [4.78, 5) is 0. The standard InChI is InChI=1S/C51H62/c1-15-18-37(31(4)5)25-42(33(8)9)45(23-30(2)3)47-28-48-41-22-21-36(14)24-46(41)50(29-49(48)40-20-17-16-19-39(40)47)51-43(34(10)11)26-38(32(6)7)27-44(51)35(12)13/h1,16-17,19-22,24-35H,18,23H2,2-14H3/b37-25+,45-42-. The number of benzene rings is 5. The number of fused-ring (bicyclic) bond motifs is 5. The maximum Gasteiger partial charge on any atom is 0.0302 e. The van der Waals surface area contributed by atoms with Crippen molar-refractivity contribution in [3.63, 3.8) is 0 Å². The second-order valence-corrected chi connectivity index (χ2v) is 17.0. The minimum atomic E-state index is 0.360. The molecule has 0 heteroatoms. The molecule has 0 aliphatic rings. The van der Waals surface area contributed by atoms with Gasteiger partial charge in [-0.1, -0.05) is 155 Å². The van der Waals surface area contributed by atoms with E-state index >= 15 is 0 Å². The van der Waals surface area contributed by atoms with Crippen LogP contribution in [0.4, 0.5) is 0 Å². The zero-order valence-electron chi connectivity index (χ0n) is 33.9. The van der Waals surface area contributed by atoms with Gasteiger partial charge in [-0.2, -0.15) is 0 Å². The van der Waals surface area contributed by atoms with Crippen molar-refractivity contribution in [2.24, 2.45) is 17.8 Å². The van der Waals surface area contributed by atoms with Gasteiger partial charge in [-0.15, -0.1) is 12.3 Å². The summed E-state index contributed by atoms with van der Waals surface area (Å²) in [7, 11) is 0. The van der Waals surface area contributed by atoms with Gasteiger partial charge < -0.3 is 0 Å². The number of allylic oxidation sites excluding steroid dienone is 4. The highest BCUT2D eigenvalue weighted by molar-refractivity contribution is 6.23. The molecule has 0 N–H and O–H groups in total. The fourth-order valence-corrected chi connectivity index (χ4v) is 7.97. The summed E-state index contributed by atoms with van der Waals surface area (Å²) in [5.74, 6) is 5.50. The highest BCUT2D eigenvalue weighted by Crippen LogP contribution is 2.47. The summed E-state index contributed by atoms with van der Waals surface area (Å²) in [5.41, 5.74) is 14.0. The molecule has 5 aromatic rings. The molecule has 0 amide bonds. The van der Waals surface area contributed by atoms with Crippen molar-refractivity contribution in [2.45, 2.75) is 121 Å². The summed E-state index contributed by atoms with van der Waals surface area (Å²) in [6.07, 6.45) is 10.1. The molecule has 0 saturated heterocycles. The van der Waals surface area contributed by atoms with Gasteiger partial charge >= 0.3 is 0 Å². The minimum absolute atomic E-state index is 0.360. The lowest BCUT2D eigenvalue weighted by Gasteiger charge is -2.26. The number of hydrogen-bond donors (Lipinski definition) is 0. The van der Waals surface area contributed by atoms with Crippen molar-refractivity contribution in [2.75, 3.05) is 0 Å². The lowest BCUT2D eigenvalue weighted by atomic mass is 9.78. The van der Waals surface area contributed by atoms with Gasteiger partial charge in [0.2, 0.25) is 0 Å². The lowest BCUT2D eigenvalue weighted by Crippen LogP contribution is -2.05. The molecule has 266 valence electrons. The Morgan fingerprint density at radius 3 is 1.75 bits per heavy atom. The first-order valence-electron chi connectivity index (χ1n) is 19.6. The number of rotatable bonds is 11. The molecule has 0 unspecified atom stereocenters. The normalized spacial score (nSPS) is 13.3. The van der Waals surface area contributed by atoms with E-state index in [4.69, 9.17) is 6.42 Å². The van der Waals surface area contributed by atoms with Crippen LogP contribution in [0, 0.1) is 37.0 Å². The van der Waals surface area contributed by atoms with Crippen LogP contribution in [0.1, 0.15) is 141 Å². The Morgan fingerprint density at radius 1 is 0.627 bits per heavy atom. The van der Waals surface area contributed by atoms with Crippen LogP contribution in [-0.4, -0.2) is 0 Å². The third-order valence-corrected chi connectivity index (χ3v) is 10.8. The predicted molar refractivity (Wildman–Crippen MR) is 229 cm³/mol. The van der Waals surface area contributed by atoms with E-state index in [0.717, 1.165) is 6.42 Å². The van der Waals surface area contributed by atoms with Crippen molar-refractivity contribution in [3.05, 3.63) is 112 Å². The van der Waals surface area contributed by atoms with Gasteiger partial charge in [0.25, 0.3) is 0 Å². The van der Waals surface area contributed by atoms with Crippen LogP contribution in [0.5, 0.6) is 0 Å². The number of terminal acetylenes is 1. The van der Waals surface area contributed by atoms with Crippen LogP contribution < -0.4 is 0 Å². The molecule has 0 radical (unpaired) electrons. The molecule has 0 spiro atoms. The van der Waals surface area contributed by atoms with Crippen molar-refractivity contribution in [1.29, 1.82) is 0 Å². The van der Waals surface area contributed by atoms with Gasteiger partial charge in [0.15, 0.2) is 0 Å². The van der Waals surface area contributed by atoms with Crippen molar-refractivity contribution < 1.29 is 0 Å². The maximum absolute atomic E-state index is 5.91. The van der Waals surface area contributed by atoms with E-state index in [-0.39, 0.29) is 0 Å². The SMILES string of the molecule is C#CC/C(=C\C(=C(/CC(C)C)c1cc2c3ccc(C)cc3c(-c3c(C(C)C)cc(C(C)C)cc3C(C)C)cc2c2ccccc12)C(C)C)C(C)C. The highest BCUT2D eigenvalue weighted by Gasteiger charge is 2.24. The highest BCUT2D eigenvalue weighted by atomic mass is 14.3. The van der Waals surface area contributed by atoms with Gasteiger partial charge in [-0.25, -0.2) is 0 Å². The topological polar surface area (TPSA) is 0 Å². The Morgan fingerprint density at radius 2 is 1.22 bits per heavy atom. The van der Waals surface area contributed by atoms with E-state index in [1.807, 2.05) is 0 Å². The molecule has 0 heterocycles. The van der Waals surface area contributed by atoms with E-state index in [1.54, 1.807) is 0 Å². The molecule has 0 saturated carbocycles. The summed E-state index contributed by atoms with van der Waals surface area (Å²) in [5, 5.41) is 8.00. The smallest absolute Gasteiger partial charge is 0.0302 e. The van der Waals surface area contributed by atoms with Crippen LogP contribution in [-0.2, 0) is 0 Å². The van der Waals surface area contributed by atoms with Crippen LogP contribution >= 0.6 is 0 Å².